The highest BCUT2D eigenvalue weighted by molar-refractivity contribution is 6.71. The van der Waals surface area contributed by atoms with Gasteiger partial charge in [-0.05, 0) is 52.2 Å². The van der Waals surface area contributed by atoms with Gasteiger partial charge >= 0.3 is 0 Å². The van der Waals surface area contributed by atoms with Gasteiger partial charge in [-0.15, -0.1) is 0 Å². The quantitative estimate of drug-likeness (QED) is 0.0367. The third kappa shape index (κ3) is 19.7. The average molecular weight is 631 g/mol. The standard InChI is InChI=1S/C24H54N2O11Si3/c1-34-12-13-35-17-18(28)15-26(10-8-14-38-24(36-39(2,3)4)37-40(5,6)7)11-9-25-23(33)22(32)21(31)20(30)19(29)16-27/h18-22,24,27-32H,8-17H2,1-7H3,(H,25,33)/t18?,19-,20-,21+,22-/m1/s1. The van der Waals surface area contributed by atoms with E-state index in [9.17, 15) is 30.3 Å². The second-order valence-corrected chi connectivity index (χ2v) is 21.9. The maximum Gasteiger partial charge on any atom is 0.251 e. The SMILES string of the molecule is COCCOCC(O)CN(CCC[Si]C(O[Si](C)(C)C)O[Si](C)(C)C)CCNC(=O)[C@H](O)[C@@H](O)[C@H](O)[C@H](O)CO. The topological polar surface area (TPSA) is 191 Å². The summed E-state index contributed by atoms with van der Waals surface area (Å²) in [4.78, 5) is 14.2. The highest BCUT2D eigenvalue weighted by atomic mass is 28.4. The van der Waals surface area contributed by atoms with Crippen LogP contribution in [-0.4, -0.2) is 164 Å². The Labute approximate surface area is 243 Å². The number of aliphatic hydroxyl groups excluding tert-OH is 6. The number of amides is 1. The van der Waals surface area contributed by atoms with Gasteiger partial charge < -0.3 is 54.3 Å². The maximum atomic E-state index is 12.3. The predicted molar refractivity (Wildman–Crippen MR) is 157 cm³/mol. The first-order chi connectivity index (χ1) is 18.5. The minimum Gasteiger partial charge on any atom is -0.397 e. The third-order valence-corrected chi connectivity index (χ3v) is 8.87. The molecule has 0 saturated carbocycles. The lowest BCUT2D eigenvalue weighted by atomic mass is 10.0. The van der Waals surface area contributed by atoms with E-state index in [1.54, 1.807) is 7.11 Å². The monoisotopic (exact) mass is 630 g/mol. The number of nitrogens with one attached hydrogen (secondary N) is 1. The summed E-state index contributed by atoms with van der Waals surface area (Å²) in [6, 6.07) is 0.860. The molecule has 0 aromatic heterocycles. The van der Waals surface area contributed by atoms with E-state index in [1.165, 1.54) is 0 Å². The molecule has 0 aromatic rings. The molecule has 0 aliphatic heterocycles. The third-order valence-electron chi connectivity index (χ3n) is 5.34. The van der Waals surface area contributed by atoms with Crippen molar-refractivity contribution in [1.29, 1.82) is 0 Å². The van der Waals surface area contributed by atoms with Crippen LogP contribution in [0, 0.1) is 0 Å². The van der Waals surface area contributed by atoms with Crippen LogP contribution in [0.1, 0.15) is 6.42 Å². The molecule has 1 amide bonds. The van der Waals surface area contributed by atoms with E-state index in [0.29, 0.717) is 42.4 Å². The second-order valence-electron chi connectivity index (χ2n) is 11.6. The first-order valence-corrected chi connectivity index (χ1v) is 21.8. The summed E-state index contributed by atoms with van der Waals surface area (Å²) in [5.41, 5.74) is 0. The van der Waals surface area contributed by atoms with Gasteiger partial charge in [0.1, 0.15) is 33.7 Å². The van der Waals surface area contributed by atoms with Crippen LogP contribution in [-0.2, 0) is 23.1 Å². The minimum absolute atomic E-state index is 0.0981. The molecule has 238 valence electrons. The van der Waals surface area contributed by atoms with Gasteiger partial charge in [0.2, 0.25) is 0 Å². The van der Waals surface area contributed by atoms with Crippen molar-refractivity contribution in [2.24, 2.45) is 0 Å². The molecule has 2 radical (unpaired) electrons. The van der Waals surface area contributed by atoms with Gasteiger partial charge in [-0.25, -0.2) is 0 Å². The Morgan fingerprint density at radius 2 is 1.52 bits per heavy atom. The van der Waals surface area contributed by atoms with Crippen molar-refractivity contribution >= 4 is 32.1 Å². The molecule has 0 aromatic carbocycles. The van der Waals surface area contributed by atoms with Gasteiger partial charge in [-0.2, -0.15) is 0 Å². The van der Waals surface area contributed by atoms with Gasteiger partial charge in [0.05, 0.1) is 32.5 Å². The zero-order chi connectivity index (χ0) is 30.9. The van der Waals surface area contributed by atoms with Crippen LogP contribution >= 0.6 is 0 Å². The molecule has 0 fully saturated rings. The Kier molecular flexibility index (Phi) is 20.4. The number of carbonyl (C=O) groups excluding carboxylic acids is 1. The van der Waals surface area contributed by atoms with Crippen molar-refractivity contribution in [2.45, 2.75) is 88.2 Å². The van der Waals surface area contributed by atoms with Crippen LogP contribution in [0.2, 0.25) is 45.3 Å². The number of aliphatic hydroxyl groups is 6. The summed E-state index contributed by atoms with van der Waals surface area (Å²) in [6.45, 7) is 14.2. The smallest absolute Gasteiger partial charge is 0.251 e. The molecule has 0 spiro atoms. The number of nitrogens with zero attached hydrogens (tertiary/aromatic N) is 1. The van der Waals surface area contributed by atoms with Crippen LogP contribution in [0.4, 0.5) is 0 Å². The van der Waals surface area contributed by atoms with Crippen molar-refractivity contribution in [3.05, 3.63) is 0 Å². The fraction of sp³-hybridized carbons (Fsp3) is 0.958. The van der Waals surface area contributed by atoms with Crippen LogP contribution in [0.25, 0.3) is 0 Å². The molecular weight excluding hydrogens is 577 g/mol. The average Bonchev–Trinajstić information content (AvgIpc) is 2.84. The highest BCUT2D eigenvalue weighted by Crippen LogP contribution is 2.15. The second kappa shape index (κ2) is 20.6. The summed E-state index contributed by atoms with van der Waals surface area (Å²) >= 11 is 0. The van der Waals surface area contributed by atoms with E-state index in [-0.39, 0.29) is 19.1 Å². The van der Waals surface area contributed by atoms with Crippen molar-refractivity contribution in [1.82, 2.24) is 10.2 Å². The normalized spacial score (nSPS) is 16.7. The fourth-order valence-corrected chi connectivity index (χ4v) is 8.26. The summed E-state index contributed by atoms with van der Waals surface area (Å²) < 4.78 is 22.9. The fourth-order valence-electron chi connectivity index (χ4n) is 3.40. The van der Waals surface area contributed by atoms with E-state index in [2.05, 4.69) is 44.6 Å². The molecule has 0 aliphatic rings. The largest absolute Gasteiger partial charge is 0.397 e. The van der Waals surface area contributed by atoms with Gasteiger partial charge in [-0.3, -0.25) is 9.69 Å². The van der Waals surface area contributed by atoms with E-state index >= 15 is 0 Å². The molecule has 0 rings (SSSR count). The minimum atomic E-state index is -2.00. The van der Waals surface area contributed by atoms with Gasteiger partial charge in [0.25, 0.3) is 5.91 Å². The highest BCUT2D eigenvalue weighted by Gasteiger charge is 2.34. The lowest BCUT2D eigenvalue weighted by molar-refractivity contribution is -0.148. The molecule has 13 nitrogen and oxygen atoms in total. The van der Waals surface area contributed by atoms with Gasteiger partial charge in [-0.1, -0.05) is 6.04 Å². The van der Waals surface area contributed by atoms with Crippen molar-refractivity contribution < 1.29 is 53.8 Å². The first-order valence-electron chi connectivity index (χ1n) is 13.7. The molecule has 5 atom stereocenters. The van der Waals surface area contributed by atoms with Crippen LogP contribution in [0.5, 0.6) is 0 Å². The van der Waals surface area contributed by atoms with E-state index in [4.69, 9.17) is 23.4 Å². The summed E-state index contributed by atoms with van der Waals surface area (Å²) in [5.74, 6) is -1.16. The molecule has 7 N–H and O–H groups in total. The molecule has 0 bridgehead atoms. The summed E-state index contributed by atoms with van der Waals surface area (Å²) in [7, 11) is -1.55. The number of methoxy groups -OCH3 is 1. The number of carbonyl (C=O) groups is 1. The molecule has 0 saturated heterocycles. The first kappa shape index (κ1) is 39.7. The molecule has 0 heterocycles. The van der Waals surface area contributed by atoms with Crippen LogP contribution < -0.4 is 5.32 Å². The Balaban J connectivity index is 4.99. The number of rotatable bonds is 24. The van der Waals surface area contributed by atoms with Crippen LogP contribution in [0.15, 0.2) is 0 Å². The molecule has 16 heteroatoms. The van der Waals surface area contributed by atoms with Gasteiger partial charge in [0, 0.05) is 26.7 Å². The predicted octanol–water partition coefficient (Wildman–Crippen LogP) is -1.64. The molecular formula is C24H54N2O11Si3. The Bertz CT molecular complexity index is 655. The maximum absolute atomic E-state index is 12.3. The zero-order valence-electron chi connectivity index (χ0n) is 25.2. The van der Waals surface area contributed by atoms with Crippen molar-refractivity contribution in [3.63, 3.8) is 0 Å². The van der Waals surface area contributed by atoms with Crippen molar-refractivity contribution in [2.75, 3.05) is 59.7 Å². The van der Waals surface area contributed by atoms with Crippen molar-refractivity contribution in [3.8, 4) is 0 Å². The Hall–Kier alpha value is -0.319. The number of ether oxygens (including phenoxy) is 2. The molecule has 1 unspecified atom stereocenters. The zero-order valence-corrected chi connectivity index (χ0v) is 28.2. The Morgan fingerprint density at radius 1 is 0.925 bits per heavy atom. The lowest BCUT2D eigenvalue weighted by Crippen LogP contribution is -2.52. The van der Waals surface area contributed by atoms with Gasteiger partial charge in [0.15, 0.2) is 22.7 Å². The summed E-state index contributed by atoms with van der Waals surface area (Å²) in [5, 5.41) is 61.0. The Morgan fingerprint density at radius 3 is 2.05 bits per heavy atom. The lowest BCUT2D eigenvalue weighted by Gasteiger charge is -2.31. The molecule has 40 heavy (non-hydrogen) atoms. The van der Waals surface area contributed by atoms with E-state index in [0.717, 1.165) is 12.5 Å². The van der Waals surface area contributed by atoms with E-state index < -0.39 is 59.7 Å². The molecule has 0 aliphatic carbocycles. The number of hydrogen-bond acceptors (Lipinski definition) is 12. The number of hydrogen-bond donors (Lipinski definition) is 7. The summed E-state index contributed by atoms with van der Waals surface area (Å²) in [6.07, 6.45) is -7.54. The van der Waals surface area contributed by atoms with E-state index in [1.807, 2.05) is 4.90 Å². The van der Waals surface area contributed by atoms with Crippen LogP contribution in [0.3, 0.4) is 0 Å².